The van der Waals surface area contributed by atoms with Crippen molar-refractivity contribution in [3.63, 3.8) is 0 Å². The molecule has 1 aromatic carbocycles. The van der Waals surface area contributed by atoms with Gasteiger partial charge in [0.05, 0.1) is 22.9 Å². The SMILES string of the molecule is CCNC(=O)NC(=O)C(C)Sc1nc2sc3c(c2c(=O)n1-c1ccc(OCC)cc1)CCC3. The van der Waals surface area contributed by atoms with E-state index in [4.69, 9.17) is 9.72 Å². The van der Waals surface area contributed by atoms with E-state index in [-0.39, 0.29) is 5.56 Å². The molecule has 0 fully saturated rings. The number of imide groups is 1. The molecule has 3 amide bonds. The Hall–Kier alpha value is -2.85. The monoisotopic (exact) mass is 486 g/mol. The number of aryl methyl sites for hydroxylation is 2. The lowest BCUT2D eigenvalue weighted by Crippen LogP contribution is -2.42. The highest BCUT2D eigenvalue weighted by Gasteiger charge is 2.26. The number of urea groups is 1. The van der Waals surface area contributed by atoms with Crippen molar-refractivity contribution in [1.29, 1.82) is 0 Å². The second-order valence-corrected chi connectivity index (χ2v) is 10.00. The third kappa shape index (κ3) is 4.77. The van der Waals surface area contributed by atoms with Gasteiger partial charge in [-0.1, -0.05) is 11.8 Å². The maximum Gasteiger partial charge on any atom is 0.321 e. The minimum absolute atomic E-state index is 0.137. The van der Waals surface area contributed by atoms with E-state index in [1.165, 1.54) is 4.88 Å². The molecule has 1 aliphatic carbocycles. The number of ether oxygens (including phenoxy) is 1. The van der Waals surface area contributed by atoms with E-state index >= 15 is 0 Å². The van der Waals surface area contributed by atoms with E-state index in [1.807, 2.05) is 31.2 Å². The normalized spacial score (nSPS) is 13.5. The Morgan fingerprint density at radius 3 is 2.70 bits per heavy atom. The van der Waals surface area contributed by atoms with Gasteiger partial charge in [-0.05, 0) is 69.9 Å². The molecule has 0 bridgehead atoms. The molecular weight excluding hydrogens is 460 g/mol. The van der Waals surface area contributed by atoms with Crippen LogP contribution in [-0.4, -0.2) is 39.9 Å². The van der Waals surface area contributed by atoms with Crippen molar-refractivity contribution in [3.05, 3.63) is 45.1 Å². The largest absolute Gasteiger partial charge is 0.494 e. The molecule has 2 aromatic heterocycles. The molecule has 1 aliphatic rings. The van der Waals surface area contributed by atoms with Crippen LogP contribution in [0.15, 0.2) is 34.2 Å². The van der Waals surface area contributed by atoms with Crippen molar-refractivity contribution in [1.82, 2.24) is 20.2 Å². The molecule has 33 heavy (non-hydrogen) atoms. The van der Waals surface area contributed by atoms with Crippen LogP contribution in [0.3, 0.4) is 0 Å². The summed E-state index contributed by atoms with van der Waals surface area (Å²) in [6, 6.07) is 6.71. The first-order valence-electron chi connectivity index (χ1n) is 11.0. The summed E-state index contributed by atoms with van der Waals surface area (Å²) in [6.45, 7) is 6.34. The van der Waals surface area contributed by atoms with Gasteiger partial charge >= 0.3 is 6.03 Å². The molecule has 10 heteroatoms. The van der Waals surface area contributed by atoms with Crippen LogP contribution in [0.5, 0.6) is 5.75 Å². The molecule has 2 N–H and O–H groups in total. The highest BCUT2D eigenvalue weighted by molar-refractivity contribution is 8.00. The fourth-order valence-electron chi connectivity index (χ4n) is 3.82. The Balaban J connectivity index is 1.76. The quantitative estimate of drug-likeness (QED) is 0.390. The first-order valence-corrected chi connectivity index (χ1v) is 12.7. The van der Waals surface area contributed by atoms with Gasteiger partial charge in [0, 0.05) is 11.4 Å². The maximum absolute atomic E-state index is 13.7. The van der Waals surface area contributed by atoms with Crippen molar-refractivity contribution >= 4 is 45.3 Å². The van der Waals surface area contributed by atoms with Crippen molar-refractivity contribution in [3.8, 4) is 11.4 Å². The molecule has 4 rings (SSSR count). The zero-order chi connectivity index (χ0) is 23.5. The van der Waals surface area contributed by atoms with Gasteiger partial charge in [-0.3, -0.25) is 19.5 Å². The van der Waals surface area contributed by atoms with Gasteiger partial charge in [-0.15, -0.1) is 11.3 Å². The third-order valence-corrected chi connectivity index (χ3v) is 7.58. The Morgan fingerprint density at radius 2 is 2.00 bits per heavy atom. The average Bonchev–Trinajstić information content (AvgIpc) is 3.36. The van der Waals surface area contributed by atoms with Crippen LogP contribution < -0.4 is 20.9 Å². The minimum Gasteiger partial charge on any atom is -0.494 e. The number of aromatic nitrogens is 2. The predicted molar refractivity (Wildman–Crippen MR) is 131 cm³/mol. The number of carbonyl (C=O) groups excluding carboxylic acids is 2. The lowest BCUT2D eigenvalue weighted by atomic mass is 10.2. The number of benzene rings is 1. The van der Waals surface area contributed by atoms with E-state index in [0.717, 1.165) is 36.6 Å². The summed E-state index contributed by atoms with van der Waals surface area (Å²) in [5.74, 6) is 0.260. The third-order valence-electron chi connectivity index (χ3n) is 5.34. The maximum atomic E-state index is 13.7. The number of fused-ring (bicyclic) bond motifs is 3. The van der Waals surface area contributed by atoms with Gasteiger partial charge in [-0.25, -0.2) is 9.78 Å². The number of nitrogens with zero attached hydrogens (tertiary/aromatic N) is 2. The molecule has 0 aliphatic heterocycles. The number of rotatable bonds is 7. The van der Waals surface area contributed by atoms with Crippen LogP contribution in [0.4, 0.5) is 4.79 Å². The average molecular weight is 487 g/mol. The van der Waals surface area contributed by atoms with Crippen LogP contribution in [0, 0.1) is 0 Å². The van der Waals surface area contributed by atoms with Crippen LogP contribution >= 0.6 is 23.1 Å². The highest BCUT2D eigenvalue weighted by Crippen LogP contribution is 2.36. The predicted octanol–water partition coefficient (Wildman–Crippen LogP) is 3.66. The van der Waals surface area contributed by atoms with Crippen molar-refractivity contribution in [2.45, 2.75) is 50.4 Å². The van der Waals surface area contributed by atoms with Crippen molar-refractivity contribution in [2.75, 3.05) is 13.2 Å². The van der Waals surface area contributed by atoms with Crippen molar-refractivity contribution < 1.29 is 14.3 Å². The number of hydrogen-bond donors (Lipinski definition) is 2. The summed E-state index contributed by atoms with van der Waals surface area (Å²) in [6.07, 6.45) is 2.90. The molecule has 3 aromatic rings. The molecule has 174 valence electrons. The van der Waals surface area contributed by atoms with Crippen LogP contribution in [0.25, 0.3) is 15.9 Å². The summed E-state index contributed by atoms with van der Waals surface area (Å²) in [7, 11) is 0. The molecule has 2 heterocycles. The molecule has 8 nitrogen and oxygen atoms in total. The van der Waals surface area contributed by atoms with Gasteiger partial charge in [0.15, 0.2) is 5.16 Å². The molecule has 0 radical (unpaired) electrons. The molecule has 0 saturated heterocycles. The standard InChI is InChI=1S/C23H26N4O4S2/c1-4-24-22(30)25-19(28)13(3)32-23-26-20-18(16-7-6-8-17(16)33-20)21(29)27(23)14-9-11-15(12-10-14)31-5-2/h9-13H,4-8H2,1-3H3,(H2,24,25,28,30). The number of nitrogens with one attached hydrogen (secondary N) is 2. The van der Waals surface area contributed by atoms with E-state index in [1.54, 1.807) is 29.8 Å². The zero-order valence-electron chi connectivity index (χ0n) is 18.8. The second-order valence-electron chi connectivity index (χ2n) is 7.61. The summed E-state index contributed by atoms with van der Waals surface area (Å²) < 4.78 is 7.09. The van der Waals surface area contributed by atoms with Gasteiger partial charge in [-0.2, -0.15) is 0 Å². The Labute approximate surface area is 199 Å². The minimum atomic E-state index is -0.641. The fourth-order valence-corrected chi connectivity index (χ4v) is 6.05. The smallest absolute Gasteiger partial charge is 0.321 e. The number of thioether (sulfide) groups is 1. The van der Waals surface area contributed by atoms with Crippen LogP contribution in [0.2, 0.25) is 0 Å². The van der Waals surface area contributed by atoms with Crippen LogP contribution in [0.1, 0.15) is 37.6 Å². The van der Waals surface area contributed by atoms with Gasteiger partial charge < -0.3 is 10.1 Å². The fraction of sp³-hybridized carbons (Fsp3) is 0.391. The van der Waals surface area contributed by atoms with E-state index in [2.05, 4.69) is 10.6 Å². The second kappa shape index (κ2) is 9.96. The number of amides is 3. The number of carbonyl (C=O) groups is 2. The number of thiophene rings is 1. The lowest BCUT2D eigenvalue weighted by Gasteiger charge is -2.16. The van der Waals surface area contributed by atoms with E-state index < -0.39 is 17.2 Å². The summed E-state index contributed by atoms with van der Waals surface area (Å²) in [5, 5.41) is 5.31. The number of hydrogen-bond acceptors (Lipinski definition) is 7. The first-order chi connectivity index (χ1) is 15.9. The first kappa shape index (κ1) is 23.3. The van der Waals surface area contributed by atoms with Crippen LogP contribution in [-0.2, 0) is 17.6 Å². The van der Waals surface area contributed by atoms with Gasteiger partial charge in [0.1, 0.15) is 10.6 Å². The van der Waals surface area contributed by atoms with Gasteiger partial charge in [0.25, 0.3) is 5.56 Å². The molecular formula is C23H26N4O4S2. The Morgan fingerprint density at radius 1 is 1.24 bits per heavy atom. The lowest BCUT2D eigenvalue weighted by molar-refractivity contribution is -0.119. The highest BCUT2D eigenvalue weighted by atomic mass is 32.2. The summed E-state index contributed by atoms with van der Waals surface area (Å²) in [4.78, 5) is 44.7. The molecule has 1 unspecified atom stereocenters. The Bertz CT molecular complexity index is 1250. The van der Waals surface area contributed by atoms with Gasteiger partial charge in [0.2, 0.25) is 5.91 Å². The molecule has 1 atom stereocenters. The van der Waals surface area contributed by atoms with E-state index in [0.29, 0.717) is 40.0 Å². The zero-order valence-corrected chi connectivity index (χ0v) is 20.4. The summed E-state index contributed by atoms with van der Waals surface area (Å²) >= 11 is 2.71. The van der Waals surface area contributed by atoms with E-state index in [9.17, 15) is 14.4 Å². The molecule has 0 spiro atoms. The summed E-state index contributed by atoms with van der Waals surface area (Å²) in [5.41, 5.74) is 1.61. The topological polar surface area (TPSA) is 102 Å². The Kier molecular flexibility index (Phi) is 7.04. The molecule has 0 saturated carbocycles. The van der Waals surface area contributed by atoms with Crippen molar-refractivity contribution in [2.24, 2.45) is 0 Å².